The van der Waals surface area contributed by atoms with Gasteiger partial charge < -0.3 is 10.5 Å². The Morgan fingerprint density at radius 1 is 1.06 bits per heavy atom. The van der Waals surface area contributed by atoms with E-state index in [1.807, 2.05) is 24.3 Å². The summed E-state index contributed by atoms with van der Waals surface area (Å²) < 4.78 is 5.10. The number of nitrogens with two attached hydrogens (primary N) is 1. The normalized spacial score (nSPS) is 10.3. The predicted molar refractivity (Wildman–Crippen MR) is 72.9 cm³/mol. The van der Waals surface area contributed by atoms with E-state index >= 15 is 0 Å². The number of hydrogen-bond acceptors (Lipinski definition) is 2. The van der Waals surface area contributed by atoms with Crippen molar-refractivity contribution >= 4 is 28.9 Å². The molecule has 0 aliphatic rings. The van der Waals surface area contributed by atoms with Crippen LogP contribution < -0.4 is 10.5 Å². The number of benzene rings is 2. The zero-order chi connectivity index (χ0) is 12.4. The van der Waals surface area contributed by atoms with Gasteiger partial charge in [-0.25, -0.2) is 0 Å². The van der Waals surface area contributed by atoms with Crippen molar-refractivity contribution in [3.63, 3.8) is 0 Å². The highest BCUT2D eigenvalue weighted by atomic mass is 35.5. The zero-order valence-electron chi connectivity index (χ0n) is 9.21. The quantitative estimate of drug-likeness (QED) is 0.826. The van der Waals surface area contributed by atoms with E-state index in [1.165, 1.54) is 0 Å². The molecule has 88 valence electrons. The maximum absolute atomic E-state index is 6.20. The minimum Gasteiger partial charge on any atom is -0.497 e. The molecular weight excluding hydrogens is 257 g/mol. The Balaban J connectivity index is 2.64. The Bertz CT molecular complexity index is 532. The summed E-state index contributed by atoms with van der Waals surface area (Å²) in [4.78, 5) is 0. The SMILES string of the molecule is COc1cc(Cl)c(-c2ccccc2N)c(Cl)c1. The second kappa shape index (κ2) is 4.86. The zero-order valence-corrected chi connectivity index (χ0v) is 10.7. The van der Waals surface area contributed by atoms with Crippen molar-refractivity contribution in [1.82, 2.24) is 0 Å². The lowest BCUT2D eigenvalue weighted by Crippen LogP contribution is -1.92. The number of hydrogen-bond donors (Lipinski definition) is 1. The Morgan fingerprint density at radius 2 is 1.65 bits per heavy atom. The van der Waals surface area contributed by atoms with E-state index < -0.39 is 0 Å². The molecule has 0 bridgehead atoms. The maximum atomic E-state index is 6.20. The third-order valence-corrected chi connectivity index (χ3v) is 3.08. The van der Waals surface area contributed by atoms with Crippen molar-refractivity contribution in [1.29, 1.82) is 0 Å². The van der Waals surface area contributed by atoms with Crippen LogP contribution in [0.1, 0.15) is 0 Å². The van der Waals surface area contributed by atoms with Gasteiger partial charge in [-0.15, -0.1) is 0 Å². The first-order chi connectivity index (χ1) is 8.13. The summed E-state index contributed by atoms with van der Waals surface area (Å²) in [6.45, 7) is 0. The van der Waals surface area contributed by atoms with Crippen LogP contribution in [0.5, 0.6) is 5.75 Å². The molecule has 0 amide bonds. The molecule has 0 saturated carbocycles. The average Bonchev–Trinajstić information content (AvgIpc) is 2.30. The number of halogens is 2. The highest BCUT2D eigenvalue weighted by molar-refractivity contribution is 6.39. The Kier molecular flexibility index (Phi) is 3.46. The molecule has 4 heteroatoms. The van der Waals surface area contributed by atoms with Gasteiger partial charge >= 0.3 is 0 Å². The summed E-state index contributed by atoms with van der Waals surface area (Å²) in [6, 6.07) is 10.9. The Morgan fingerprint density at radius 3 is 2.18 bits per heavy atom. The van der Waals surface area contributed by atoms with Gasteiger partial charge in [0.15, 0.2) is 0 Å². The standard InChI is InChI=1S/C13H11Cl2NO/c1-17-8-6-10(14)13(11(15)7-8)9-4-2-3-5-12(9)16/h2-7H,16H2,1H3. The molecule has 0 saturated heterocycles. The first kappa shape index (κ1) is 12.1. The van der Waals surface area contributed by atoms with Crippen molar-refractivity contribution in [3.8, 4) is 16.9 Å². The molecule has 0 spiro atoms. The van der Waals surface area contributed by atoms with Crippen molar-refractivity contribution in [3.05, 3.63) is 46.4 Å². The van der Waals surface area contributed by atoms with Crippen LogP contribution in [-0.2, 0) is 0 Å². The van der Waals surface area contributed by atoms with Gasteiger partial charge in [-0.1, -0.05) is 41.4 Å². The van der Waals surface area contributed by atoms with Crippen molar-refractivity contribution in [2.45, 2.75) is 0 Å². The molecule has 2 N–H and O–H groups in total. The molecule has 2 rings (SSSR count). The fourth-order valence-corrected chi connectivity index (χ4v) is 2.32. The van der Waals surface area contributed by atoms with Crippen LogP contribution in [0.3, 0.4) is 0 Å². The van der Waals surface area contributed by atoms with Gasteiger partial charge in [-0.05, 0) is 18.2 Å². The van der Waals surface area contributed by atoms with Gasteiger partial charge in [0.25, 0.3) is 0 Å². The molecule has 17 heavy (non-hydrogen) atoms. The molecule has 0 heterocycles. The first-order valence-electron chi connectivity index (χ1n) is 5.01. The lowest BCUT2D eigenvalue weighted by Gasteiger charge is -2.11. The molecule has 0 aromatic heterocycles. The smallest absolute Gasteiger partial charge is 0.121 e. The molecule has 0 radical (unpaired) electrons. The summed E-state index contributed by atoms with van der Waals surface area (Å²) in [6.07, 6.45) is 0. The van der Waals surface area contributed by atoms with Gasteiger partial charge in [-0.3, -0.25) is 0 Å². The highest BCUT2D eigenvalue weighted by Gasteiger charge is 2.12. The summed E-state index contributed by atoms with van der Waals surface area (Å²) in [7, 11) is 1.57. The minimum atomic E-state index is 0.521. The largest absolute Gasteiger partial charge is 0.497 e. The summed E-state index contributed by atoms with van der Waals surface area (Å²) in [5.74, 6) is 0.623. The maximum Gasteiger partial charge on any atom is 0.121 e. The average molecular weight is 268 g/mol. The molecule has 2 nitrogen and oxygen atoms in total. The van der Waals surface area contributed by atoms with Crippen molar-refractivity contribution in [2.24, 2.45) is 0 Å². The topological polar surface area (TPSA) is 35.2 Å². The van der Waals surface area contributed by atoms with Gasteiger partial charge in [0.05, 0.1) is 17.2 Å². The molecule has 0 aliphatic heterocycles. The Labute approximate surface area is 110 Å². The second-order valence-electron chi connectivity index (χ2n) is 3.55. The van der Waals surface area contributed by atoms with Crippen LogP contribution >= 0.6 is 23.2 Å². The van der Waals surface area contributed by atoms with Crippen LogP contribution in [0.15, 0.2) is 36.4 Å². The monoisotopic (exact) mass is 267 g/mol. The minimum absolute atomic E-state index is 0.521. The fraction of sp³-hybridized carbons (Fsp3) is 0.0769. The summed E-state index contributed by atoms with van der Waals surface area (Å²) in [5, 5.41) is 1.04. The van der Waals surface area contributed by atoms with Crippen LogP contribution in [0.2, 0.25) is 10.0 Å². The number of anilines is 1. The van der Waals surface area contributed by atoms with Crippen LogP contribution in [0.25, 0.3) is 11.1 Å². The second-order valence-corrected chi connectivity index (χ2v) is 4.37. The third kappa shape index (κ3) is 2.33. The van der Waals surface area contributed by atoms with E-state index in [0.29, 0.717) is 21.5 Å². The van der Waals surface area contributed by atoms with E-state index in [4.69, 9.17) is 33.7 Å². The molecule has 0 atom stereocenters. The fourth-order valence-electron chi connectivity index (χ4n) is 1.65. The first-order valence-corrected chi connectivity index (χ1v) is 5.77. The van der Waals surface area contributed by atoms with E-state index in [-0.39, 0.29) is 0 Å². The number of rotatable bonds is 2. The molecule has 2 aromatic rings. The number of methoxy groups -OCH3 is 1. The third-order valence-electron chi connectivity index (χ3n) is 2.48. The van der Waals surface area contributed by atoms with Crippen LogP contribution in [0, 0.1) is 0 Å². The number of para-hydroxylation sites is 1. The van der Waals surface area contributed by atoms with Gasteiger partial charge in [-0.2, -0.15) is 0 Å². The van der Waals surface area contributed by atoms with Crippen molar-refractivity contribution in [2.75, 3.05) is 12.8 Å². The summed E-state index contributed by atoms with van der Waals surface area (Å²) >= 11 is 12.4. The van der Waals surface area contributed by atoms with Gasteiger partial charge in [0.2, 0.25) is 0 Å². The highest BCUT2D eigenvalue weighted by Crippen LogP contribution is 2.40. The molecule has 2 aromatic carbocycles. The lowest BCUT2D eigenvalue weighted by atomic mass is 10.0. The Hall–Kier alpha value is -1.38. The van der Waals surface area contributed by atoms with E-state index in [9.17, 15) is 0 Å². The summed E-state index contributed by atoms with van der Waals surface area (Å²) in [5.41, 5.74) is 8.11. The van der Waals surface area contributed by atoms with Crippen LogP contribution in [-0.4, -0.2) is 7.11 Å². The molecule has 0 unspecified atom stereocenters. The van der Waals surface area contributed by atoms with E-state index in [0.717, 1.165) is 11.1 Å². The number of ether oxygens (including phenoxy) is 1. The molecule has 0 fully saturated rings. The predicted octanol–water partition coefficient (Wildman–Crippen LogP) is 4.25. The number of nitrogen functional groups attached to an aromatic ring is 1. The van der Waals surface area contributed by atoms with Gasteiger partial charge in [0, 0.05) is 16.8 Å². The molecule has 0 aliphatic carbocycles. The van der Waals surface area contributed by atoms with E-state index in [2.05, 4.69) is 0 Å². The van der Waals surface area contributed by atoms with E-state index in [1.54, 1.807) is 19.2 Å². The van der Waals surface area contributed by atoms with Crippen LogP contribution in [0.4, 0.5) is 5.69 Å². The van der Waals surface area contributed by atoms with Gasteiger partial charge in [0.1, 0.15) is 5.75 Å². The van der Waals surface area contributed by atoms with Crippen molar-refractivity contribution < 1.29 is 4.74 Å². The lowest BCUT2D eigenvalue weighted by molar-refractivity contribution is 0.415. The molecular formula is C13H11Cl2NO.